The van der Waals surface area contributed by atoms with Gasteiger partial charge in [0, 0.05) is 18.7 Å². The van der Waals surface area contributed by atoms with Crippen molar-refractivity contribution in [3.8, 4) is 5.88 Å². The Morgan fingerprint density at radius 3 is 2.50 bits per heavy atom. The van der Waals surface area contributed by atoms with Crippen LogP contribution >= 0.6 is 0 Å². The zero-order valence-corrected chi connectivity index (χ0v) is 12.1. The molecule has 1 N–H and O–H groups in total. The maximum absolute atomic E-state index is 5.56. The van der Waals surface area contributed by atoms with Crippen LogP contribution in [0.3, 0.4) is 0 Å². The molecule has 0 radical (unpaired) electrons. The molecule has 0 amide bonds. The summed E-state index contributed by atoms with van der Waals surface area (Å²) in [5.41, 5.74) is 0.979. The summed E-state index contributed by atoms with van der Waals surface area (Å²) in [7, 11) is 0. The minimum absolute atomic E-state index is 0.129. The van der Waals surface area contributed by atoms with E-state index >= 15 is 0 Å². The predicted molar refractivity (Wildman–Crippen MR) is 73.8 cm³/mol. The molecule has 0 aliphatic rings. The number of ether oxygens (including phenoxy) is 1. The molecule has 1 aromatic rings. The third kappa shape index (κ3) is 5.00. The fourth-order valence-corrected chi connectivity index (χ4v) is 1.81. The fraction of sp³-hybridized carbons (Fsp3) is 0.714. The molecule has 1 unspecified atom stereocenters. The van der Waals surface area contributed by atoms with E-state index < -0.39 is 0 Å². The second-order valence-electron chi connectivity index (χ2n) is 5.13. The number of nitrogens with one attached hydrogen (secondary N) is 1. The first kappa shape index (κ1) is 14.9. The van der Waals surface area contributed by atoms with Gasteiger partial charge >= 0.3 is 0 Å². The number of hydrogen-bond donors (Lipinski definition) is 1. The van der Waals surface area contributed by atoms with Crippen molar-refractivity contribution in [2.24, 2.45) is 5.92 Å². The first-order chi connectivity index (χ1) is 8.52. The lowest BCUT2D eigenvalue weighted by Crippen LogP contribution is -2.35. The highest BCUT2D eigenvalue weighted by Crippen LogP contribution is 2.12. The molecule has 0 fully saturated rings. The van der Waals surface area contributed by atoms with Gasteiger partial charge < -0.3 is 10.1 Å². The Kier molecular flexibility index (Phi) is 6.05. The van der Waals surface area contributed by atoms with Gasteiger partial charge in [-0.3, -0.25) is 4.98 Å². The lowest BCUT2D eigenvalue weighted by molar-refractivity contribution is 0.230. The van der Waals surface area contributed by atoms with Gasteiger partial charge in [-0.15, -0.1) is 0 Å². The van der Waals surface area contributed by atoms with Gasteiger partial charge in [0.25, 0.3) is 0 Å². The molecule has 18 heavy (non-hydrogen) atoms. The predicted octanol–water partition coefficient (Wildman–Crippen LogP) is 2.44. The molecule has 0 aliphatic carbocycles. The van der Waals surface area contributed by atoms with Crippen molar-refractivity contribution in [2.75, 3.05) is 6.54 Å². The van der Waals surface area contributed by atoms with Crippen LogP contribution in [0.2, 0.25) is 0 Å². The maximum atomic E-state index is 5.56. The highest BCUT2D eigenvalue weighted by molar-refractivity contribution is 5.10. The van der Waals surface area contributed by atoms with Crippen LogP contribution in [0.5, 0.6) is 5.88 Å². The molecule has 1 aromatic heterocycles. The van der Waals surface area contributed by atoms with Crippen molar-refractivity contribution in [1.82, 2.24) is 15.3 Å². The van der Waals surface area contributed by atoms with Gasteiger partial charge in [-0.05, 0) is 26.3 Å². The van der Waals surface area contributed by atoms with Crippen molar-refractivity contribution < 1.29 is 4.74 Å². The summed E-state index contributed by atoms with van der Waals surface area (Å²) < 4.78 is 5.56. The van der Waals surface area contributed by atoms with Gasteiger partial charge in [0.2, 0.25) is 5.88 Å². The normalized spacial score (nSPS) is 13.1. The van der Waals surface area contributed by atoms with Crippen molar-refractivity contribution in [2.45, 2.75) is 53.2 Å². The van der Waals surface area contributed by atoms with E-state index in [4.69, 9.17) is 4.74 Å². The van der Waals surface area contributed by atoms with Crippen LogP contribution in [0.15, 0.2) is 12.4 Å². The summed E-state index contributed by atoms with van der Waals surface area (Å²) in [6, 6.07) is 0.429. The van der Waals surface area contributed by atoms with Gasteiger partial charge in [-0.2, -0.15) is 0 Å². The Labute approximate surface area is 110 Å². The van der Waals surface area contributed by atoms with Crippen LogP contribution in [0, 0.1) is 5.92 Å². The third-order valence-electron chi connectivity index (χ3n) is 2.72. The minimum atomic E-state index is 0.129. The third-order valence-corrected chi connectivity index (χ3v) is 2.72. The van der Waals surface area contributed by atoms with E-state index in [1.165, 1.54) is 0 Å². The molecule has 102 valence electrons. The van der Waals surface area contributed by atoms with Crippen LogP contribution in [-0.4, -0.2) is 28.7 Å². The number of hydrogen-bond acceptors (Lipinski definition) is 4. The van der Waals surface area contributed by atoms with Gasteiger partial charge in [0.1, 0.15) is 0 Å². The van der Waals surface area contributed by atoms with Crippen molar-refractivity contribution in [1.29, 1.82) is 0 Å². The molecule has 4 heteroatoms. The van der Waals surface area contributed by atoms with E-state index in [9.17, 15) is 0 Å². The van der Waals surface area contributed by atoms with E-state index in [1.54, 1.807) is 6.20 Å². The summed E-state index contributed by atoms with van der Waals surface area (Å²) in [5.74, 6) is 1.18. The molecule has 1 atom stereocenters. The Balaban J connectivity index is 2.70. The van der Waals surface area contributed by atoms with Crippen molar-refractivity contribution in [3.63, 3.8) is 0 Å². The topological polar surface area (TPSA) is 47.0 Å². The van der Waals surface area contributed by atoms with Crippen molar-refractivity contribution in [3.05, 3.63) is 18.1 Å². The number of rotatable bonds is 7. The molecule has 0 bridgehead atoms. The van der Waals surface area contributed by atoms with Gasteiger partial charge in [0.15, 0.2) is 0 Å². The average molecular weight is 251 g/mol. The molecule has 1 rings (SSSR count). The van der Waals surface area contributed by atoms with Gasteiger partial charge in [0.05, 0.1) is 18.0 Å². The van der Waals surface area contributed by atoms with Crippen LogP contribution < -0.4 is 10.1 Å². The zero-order valence-electron chi connectivity index (χ0n) is 12.1. The number of aromatic nitrogens is 2. The van der Waals surface area contributed by atoms with E-state index in [2.05, 4.69) is 36.1 Å². The molecular formula is C14H25N3O. The molecule has 4 nitrogen and oxygen atoms in total. The van der Waals surface area contributed by atoms with Crippen LogP contribution in [-0.2, 0) is 6.42 Å². The molecule has 1 heterocycles. The molecule has 0 saturated carbocycles. The molecule has 0 aromatic carbocycles. The largest absolute Gasteiger partial charge is 0.474 e. The SMILES string of the molecule is CCNC(Cc1cncc(OC(C)C)n1)C(C)C. The van der Waals surface area contributed by atoms with Crippen LogP contribution in [0.4, 0.5) is 0 Å². The molecule has 0 saturated heterocycles. The summed E-state index contributed by atoms with van der Waals surface area (Å²) in [6.45, 7) is 11.5. The summed E-state index contributed by atoms with van der Waals surface area (Å²) in [5, 5.41) is 3.48. The highest BCUT2D eigenvalue weighted by atomic mass is 16.5. The monoisotopic (exact) mass is 251 g/mol. The van der Waals surface area contributed by atoms with E-state index in [0.717, 1.165) is 18.7 Å². The second kappa shape index (κ2) is 7.31. The Morgan fingerprint density at radius 2 is 1.94 bits per heavy atom. The number of likely N-dealkylation sites (N-methyl/N-ethyl adjacent to an activating group) is 1. The van der Waals surface area contributed by atoms with Crippen LogP contribution in [0.1, 0.15) is 40.3 Å². The van der Waals surface area contributed by atoms with Gasteiger partial charge in [-0.1, -0.05) is 20.8 Å². The summed E-state index contributed by atoms with van der Waals surface area (Å²) >= 11 is 0. The highest BCUT2D eigenvalue weighted by Gasteiger charge is 2.14. The summed E-state index contributed by atoms with van der Waals surface area (Å²) in [6.07, 6.45) is 4.50. The first-order valence-corrected chi connectivity index (χ1v) is 6.73. The van der Waals surface area contributed by atoms with E-state index in [0.29, 0.717) is 17.8 Å². The van der Waals surface area contributed by atoms with Crippen LogP contribution in [0.25, 0.3) is 0 Å². The van der Waals surface area contributed by atoms with E-state index in [-0.39, 0.29) is 6.10 Å². The van der Waals surface area contributed by atoms with Gasteiger partial charge in [-0.25, -0.2) is 4.98 Å². The molecular weight excluding hydrogens is 226 g/mol. The standard InChI is InChI=1S/C14H25N3O/c1-6-16-13(10(2)3)7-12-8-15-9-14(17-12)18-11(4)5/h8-11,13,16H,6-7H2,1-5H3. The summed E-state index contributed by atoms with van der Waals surface area (Å²) in [4.78, 5) is 8.69. The maximum Gasteiger partial charge on any atom is 0.232 e. The average Bonchev–Trinajstić information content (AvgIpc) is 2.28. The quantitative estimate of drug-likeness (QED) is 0.808. The van der Waals surface area contributed by atoms with Crippen molar-refractivity contribution >= 4 is 0 Å². The Morgan fingerprint density at radius 1 is 1.22 bits per heavy atom. The fourth-order valence-electron chi connectivity index (χ4n) is 1.81. The zero-order chi connectivity index (χ0) is 13.5. The molecule has 0 spiro atoms. The smallest absolute Gasteiger partial charge is 0.232 e. The lowest BCUT2D eigenvalue weighted by atomic mass is 9.99. The second-order valence-corrected chi connectivity index (χ2v) is 5.13. The lowest BCUT2D eigenvalue weighted by Gasteiger charge is -2.21. The Bertz CT molecular complexity index is 353. The first-order valence-electron chi connectivity index (χ1n) is 6.73. The Hall–Kier alpha value is -1.16. The minimum Gasteiger partial charge on any atom is -0.474 e. The number of nitrogens with zero attached hydrogens (tertiary/aromatic N) is 2. The molecule has 0 aliphatic heterocycles. The van der Waals surface area contributed by atoms with E-state index in [1.807, 2.05) is 20.0 Å².